The number of benzene rings is 2. The number of furan rings is 1. The Morgan fingerprint density at radius 3 is 2.58 bits per heavy atom. The summed E-state index contributed by atoms with van der Waals surface area (Å²) in [5.41, 5.74) is 1.75. The normalized spacial score (nSPS) is 11.2. The molecular weight excluding hydrogens is 395 g/mol. The van der Waals surface area contributed by atoms with Crippen molar-refractivity contribution in [3.63, 3.8) is 0 Å². The van der Waals surface area contributed by atoms with E-state index in [0.717, 1.165) is 22.6 Å². The summed E-state index contributed by atoms with van der Waals surface area (Å²) in [5, 5.41) is 1.64. The van der Waals surface area contributed by atoms with Gasteiger partial charge in [-0.05, 0) is 48.5 Å². The van der Waals surface area contributed by atoms with Gasteiger partial charge in [0, 0.05) is 10.0 Å². The van der Waals surface area contributed by atoms with Gasteiger partial charge in [-0.15, -0.1) is 0 Å². The molecule has 0 aliphatic rings. The Bertz CT molecular complexity index is 1060. The lowest BCUT2D eigenvalue weighted by atomic mass is 10.3. The third kappa shape index (κ3) is 3.54. The lowest BCUT2D eigenvalue weighted by molar-refractivity contribution is 0.290. The first-order valence-corrected chi connectivity index (χ1v) is 8.98. The fourth-order valence-corrected chi connectivity index (χ4v) is 3.36. The number of fused-ring (bicyclic) bond motifs is 1. The first-order valence-electron chi connectivity index (χ1n) is 7.85. The minimum Gasteiger partial charge on any atom is -0.484 e. The summed E-state index contributed by atoms with van der Waals surface area (Å²) >= 11 is 18.2. The predicted octanol–water partition coefficient (Wildman–Crippen LogP) is 6.22. The summed E-state index contributed by atoms with van der Waals surface area (Å²) in [4.78, 5) is 4.66. The quantitative estimate of drug-likeness (QED) is 0.394. The van der Waals surface area contributed by atoms with E-state index in [2.05, 4.69) is 4.98 Å². The maximum Gasteiger partial charge on any atom is 0.148 e. The molecule has 2 aromatic heterocycles. The van der Waals surface area contributed by atoms with Gasteiger partial charge in [-0.3, -0.25) is 0 Å². The molecule has 0 saturated heterocycles. The highest BCUT2D eigenvalue weighted by Crippen LogP contribution is 2.29. The van der Waals surface area contributed by atoms with E-state index >= 15 is 0 Å². The summed E-state index contributed by atoms with van der Waals surface area (Å²) in [6.07, 6.45) is 1.65. The number of hydrogen-bond acceptors (Lipinski definition) is 3. The molecule has 0 N–H and O–H groups in total. The molecule has 0 spiro atoms. The van der Waals surface area contributed by atoms with Gasteiger partial charge in [0.1, 0.15) is 23.9 Å². The zero-order valence-corrected chi connectivity index (χ0v) is 15.7. The van der Waals surface area contributed by atoms with Gasteiger partial charge in [0.2, 0.25) is 0 Å². The van der Waals surface area contributed by atoms with Crippen LogP contribution in [0, 0.1) is 0 Å². The number of ether oxygens (including phenoxy) is 1. The van der Waals surface area contributed by atoms with Gasteiger partial charge < -0.3 is 13.7 Å². The van der Waals surface area contributed by atoms with Crippen molar-refractivity contribution in [2.75, 3.05) is 0 Å². The van der Waals surface area contributed by atoms with E-state index < -0.39 is 0 Å². The van der Waals surface area contributed by atoms with E-state index in [4.69, 9.17) is 44.0 Å². The molecule has 0 aliphatic heterocycles. The molecule has 4 nitrogen and oxygen atoms in total. The lowest BCUT2D eigenvalue weighted by Gasteiger charge is -2.10. The minimum atomic E-state index is 0.244. The van der Waals surface area contributed by atoms with E-state index in [9.17, 15) is 0 Å². The Morgan fingerprint density at radius 2 is 1.81 bits per heavy atom. The van der Waals surface area contributed by atoms with Crippen LogP contribution in [-0.4, -0.2) is 9.55 Å². The molecule has 0 bridgehead atoms. The summed E-state index contributed by atoms with van der Waals surface area (Å²) in [6, 6.07) is 14.5. The van der Waals surface area contributed by atoms with Gasteiger partial charge >= 0.3 is 0 Å². The number of hydrogen-bond donors (Lipinski definition) is 0. The smallest absolute Gasteiger partial charge is 0.148 e. The van der Waals surface area contributed by atoms with Gasteiger partial charge in [-0.25, -0.2) is 4.98 Å². The highest BCUT2D eigenvalue weighted by Gasteiger charge is 2.14. The van der Waals surface area contributed by atoms with Gasteiger partial charge in [0.25, 0.3) is 0 Å². The molecule has 4 aromatic rings. The number of aromatic nitrogens is 2. The van der Waals surface area contributed by atoms with E-state index in [1.807, 2.05) is 34.9 Å². The second kappa shape index (κ2) is 7.23. The van der Waals surface area contributed by atoms with Crippen molar-refractivity contribution >= 4 is 45.8 Å². The maximum atomic E-state index is 6.18. The number of nitrogens with zero attached hydrogens (tertiary/aromatic N) is 2. The van der Waals surface area contributed by atoms with E-state index in [0.29, 0.717) is 27.4 Å². The Balaban J connectivity index is 1.68. The van der Waals surface area contributed by atoms with E-state index in [-0.39, 0.29) is 6.61 Å². The van der Waals surface area contributed by atoms with Crippen LogP contribution in [0.25, 0.3) is 11.0 Å². The van der Waals surface area contributed by atoms with Crippen LogP contribution >= 0.6 is 34.8 Å². The molecule has 2 heterocycles. The van der Waals surface area contributed by atoms with Crippen LogP contribution in [0.5, 0.6) is 5.75 Å². The minimum absolute atomic E-state index is 0.244. The van der Waals surface area contributed by atoms with Crippen molar-refractivity contribution in [2.24, 2.45) is 0 Å². The SMILES string of the molecule is Clc1ccc(OCc2nc3cc(Cl)ccc3n2Cc2ccco2)c(Cl)c1. The number of imidazole rings is 1. The van der Waals surface area contributed by atoms with Gasteiger partial charge in [-0.2, -0.15) is 0 Å². The van der Waals surface area contributed by atoms with Crippen LogP contribution < -0.4 is 4.74 Å². The largest absolute Gasteiger partial charge is 0.484 e. The van der Waals surface area contributed by atoms with Crippen LogP contribution in [0.2, 0.25) is 15.1 Å². The van der Waals surface area contributed by atoms with Crippen molar-refractivity contribution < 1.29 is 9.15 Å². The summed E-state index contributed by atoms with van der Waals surface area (Å²) in [6.45, 7) is 0.784. The molecule has 26 heavy (non-hydrogen) atoms. The van der Waals surface area contributed by atoms with E-state index in [1.54, 1.807) is 24.5 Å². The van der Waals surface area contributed by atoms with Crippen LogP contribution in [0.15, 0.2) is 59.2 Å². The monoisotopic (exact) mass is 406 g/mol. The molecular formula is C19H13Cl3N2O2. The maximum absolute atomic E-state index is 6.18. The van der Waals surface area contributed by atoms with Crippen LogP contribution in [0.1, 0.15) is 11.6 Å². The topological polar surface area (TPSA) is 40.2 Å². The lowest BCUT2D eigenvalue weighted by Crippen LogP contribution is -2.08. The van der Waals surface area contributed by atoms with Crippen LogP contribution in [0.4, 0.5) is 0 Å². The predicted molar refractivity (Wildman–Crippen MR) is 103 cm³/mol. The summed E-state index contributed by atoms with van der Waals surface area (Å²) < 4.78 is 13.4. The third-order valence-corrected chi connectivity index (χ3v) is 4.70. The number of rotatable bonds is 5. The second-order valence-corrected chi connectivity index (χ2v) is 6.97. The van der Waals surface area contributed by atoms with Crippen LogP contribution in [-0.2, 0) is 13.2 Å². The molecule has 0 amide bonds. The number of halogens is 3. The molecule has 132 valence electrons. The summed E-state index contributed by atoms with van der Waals surface area (Å²) in [5.74, 6) is 2.11. The fraction of sp³-hybridized carbons (Fsp3) is 0.105. The molecule has 0 aliphatic carbocycles. The second-order valence-electron chi connectivity index (χ2n) is 5.69. The van der Waals surface area contributed by atoms with Gasteiger partial charge in [-0.1, -0.05) is 34.8 Å². The average molecular weight is 408 g/mol. The molecule has 0 fully saturated rings. The highest BCUT2D eigenvalue weighted by atomic mass is 35.5. The highest BCUT2D eigenvalue weighted by molar-refractivity contribution is 6.35. The molecule has 0 atom stereocenters. The molecule has 4 rings (SSSR count). The zero-order valence-electron chi connectivity index (χ0n) is 13.5. The van der Waals surface area contributed by atoms with Crippen molar-refractivity contribution in [1.82, 2.24) is 9.55 Å². The molecule has 0 saturated carbocycles. The molecule has 0 radical (unpaired) electrons. The fourth-order valence-electron chi connectivity index (χ4n) is 2.73. The van der Waals surface area contributed by atoms with Gasteiger partial charge in [0.15, 0.2) is 0 Å². The van der Waals surface area contributed by atoms with Crippen molar-refractivity contribution in [3.8, 4) is 5.75 Å². The standard InChI is InChI=1S/C19H13Cl3N2O2/c20-12-4-6-18(15(22)8-12)26-11-19-23-16-9-13(21)3-5-17(16)24(19)10-14-2-1-7-25-14/h1-9H,10-11H2. The molecule has 7 heteroatoms. The Kier molecular flexibility index (Phi) is 4.81. The Morgan fingerprint density at radius 1 is 1.00 bits per heavy atom. The first kappa shape index (κ1) is 17.3. The van der Waals surface area contributed by atoms with Crippen molar-refractivity contribution in [3.05, 3.63) is 81.4 Å². The summed E-state index contributed by atoms with van der Waals surface area (Å²) in [7, 11) is 0. The van der Waals surface area contributed by atoms with Crippen LogP contribution in [0.3, 0.4) is 0 Å². The average Bonchev–Trinajstić information content (AvgIpc) is 3.22. The molecule has 2 aromatic carbocycles. The Hall–Kier alpha value is -2.14. The zero-order chi connectivity index (χ0) is 18.1. The molecule has 0 unspecified atom stereocenters. The third-order valence-electron chi connectivity index (χ3n) is 3.93. The van der Waals surface area contributed by atoms with E-state index in [1.165, 1.54) is 0 Å². The Labute approximate surface area is 164 Å². The van der Waals surface area contributed by atoms with Crippen molar-refractivity contribution in [2.45, 2.75) is 13.2 Å². The first-order chi connectivity index (χ1) is 12.6. The van der Waals surface area contributed by atoms with Gasteiger partial charge in [0.05, 0.1) is 28.9 Å². The van der Waals surface area contributed by atoms with Crippen molar-refractivity contribution in [1.29, 1.82) is 0 Å².